The predicted molar refractivity (Wildman–Crippen MR) is 99.4 cm³/mol. The quantitative estimate of drug-likeness (QED) is 0.736. The van der Waals surface area contributed by atoms with Crippen LogP contribution in [0.15, 0.2) is 47.6 Å². The van der Waals surface area contributed by atoms with Crippen LogP contribution in [0.4, 0.5) is 5.69 Å². The average Bonchev–Trinajstić information content (AvgIpc) is 2.63. The molecule has 0 aliphatic heterocycles. The minimum Gasteiger partial charge on any atom is -0.504 e. The first-order chi connectivity index (χ1) is 12.4. The summed E-state index contributed by atoms with van der Waals surface area (Å²) < 4.78 is 26.3. The van der Waals surface area contributed by atoms with Gasteiger partial charge in [-0.3, -0.25) is 9.78 Å². The number of aromatic hydroxyl groups is 1. The van der Waals surface area contributed by atoms with E-state index in [-0.39, 0.29) is 23.0 Å². The first kappa shape index (κ1) is 19.9. The van der Waals surface area contributed by atoms with Gasteiger partial charge in [0.1, 0.15) is 0 Å². The molecule has 1 heterocycles. The highest BCUT2D eigenvalue weighted by molar-refractivity contribution is 7.89. The lowest BCUT2D eigenvalue weighted by Crippen LogP contribution is -2.30. The molecular formula is C18H23N3O4S. The van der Waals surface area contributed by atoms with Gasteiger partial charge >= 0.3 is 0 Å². The lowest BCUT2D eigenvalue weighted by molar-refractivity contribution is -0.116. The molecule has 8 heteroatoms. The van der Waals surface area contributed by atoms with Crippen molar-refractivity contribution in [1.82, 2.24) is 9.29 Å². The van der Waals surface area contributed by atoms with Crippen molar-refractivity contribution in [3.8, 4) is 5.75 Å². The second-order valence-corrected chi connectivity index (χ2v) is 7.61. The molecule has 2 aromatic rings. The van der Waals surface area contributed by atoms with Crippen LogP contribution in [0.25, 0.3) is 0 Å². The second kappa shape index (κ2) is 8.77. The molecular weight excluding hydrogens is 354 g/mol. The van der Waals surface area contributed by atoms with Gasteiger partial charge < -0.3 is 10.4 Å². The number of nitrogens with one attached hydrogen (secondary N) is 1. The lowest BCUT2D eigenvalue weighted by Gasteiger charge is -2.18. The van der Waals surface area contributed by atoms with E-state index in [0.29, 0.717) is 25.2 Å². The number of pyridine rings is 1. The maximum atomic E-state index is 12.4. The molecule has 1 aromatic heterocycles. The van der Waals surface area contributed by atoms with Gasteiger partial charge in [-0.2, -0.15) is 4.31 Å². The van der Waals surface area contributed by atoms with Crippen molar-refractivity contribution < 1.29 is 18.3 Å². The summed E-state index contributed by atoms with van der Waals surface area (Å²) in [5.74, 6) is -0.335. The molecule has 0 saturated heterocycles. The van der Waals surface area contributed by atoms with Gasteiger partial charge in [-0.25, -0.2) is 8.42 Å². The minimum absolute atomic E-state index is 0.0909. The topological polar surface area (TPSA) is 99.6 Å². The van der Waals surface area contributed by atoms with Gasteiger partial charge in [0.05, 0.1) is 16.8 Å². The molecule has 0 bridgehead atoms. The maximum absolute atomic E-state index is 12.4. The minimum atomic E-state index is -3.47. The number of sulfonamides is 1. The van der Waals surface area contributed by atoms with E-state index in [1.165, 1.54) is 22.8 Å². The van der Waals surface area contributed by atoms with Gasteiger partial charge in [0.15, 0.2) is 5.75 Å². The molecule has 0 aliphatic rings. The summed E-state index contributed by atoms with van der Waals surface area (Å²) in [5.41, 5.74) is 1.17. The summed E-state index contributed by atoms with van der Waals surface area (Å²) in [6, 6.07) is 8.08. The van der Waals surface area contributed by atoms with Crippen molar-refractivity contribution in [3.05, 3.63) is 48.3 Å². The summed E-state index contributed by atoms with van der Waals surface area (Å²) >= 11 is 0. The van der Waals surface area contributed by atoms with Crippen LogP contribution >= 0.6 is 0 Å². The highest BCUT2D eigenvalue weighted by atomic mass is 32.2. The summed E-state index contributed by atoms with van der Waals surface area (Å²) in [7, 11) is -3.47. The van der Waals surface area contributed by atoms with E-state index in [9.17, 15) is 18.3 Å². The third-order valence-electron chi connectivity index (χ3n) is 3.98. The first-order valence-corrected chi connectivity index (χ1v) is 9.84. The first-order valence-electron chi connectivity index (χ1n) is 8.40. The number of amides is 1. The standard InChI is InChI=1S/C18H23N3O4S/c1-3-21(4-2)26(24,25)15-8-5-14(6-9-15)7-10-18(23)20-16-11-12-19-13-17(16)22/h5-6,8-9,11-13,22H,3-4,7,10H2,1-2H3,(H,19,20,23). The van der Waals surface area contributed by atoms with Gasteiger partial charge in [0.2, 0.25) is 15.9 Å². The summed E-state index contributed by atoms with van der Waals surface area (Å²) in [4.78, 5) is 16.0. The van der Waals surface area contributed by atoms with Crippen LogP contribution in [0.5, 0.6) is 5.75 Å². The second-order valence-electron chi connectivity index (χ2n) is 5.67. The van der Waals surface area contributed by atoms with E-state index in [0.717, 1.165) is 5.56 Å². The molecule has 0 atom stereocenters. The van der Waals surface area contributed by atoms with Gasteiger partial charge in [-0.1, -0.05) is 26.0 Å². The molecule has 1 aromatic carbocycles. The largest absolute Gasteiger partial charge is 0.504 e. The van der Waals surface area contributed by atoms with E-state index in [1.807, 2.05) is 0 Å². The molecule has 7 nitrogen and oxygen atoms in total. The SMILES string of the molecule is CCN(CC)S(=O)(=O)c1ccc(CCC(=O)Nc2ccncc2O)cc1. The fourth-order valence-electron chi connectivity index (χ4n) is 2.50. The van der Waals surface area contributed by atoms with Crippen LogP contribution in [-0.4, -0.2) is 41.8 Å². The van der Waals surface area contributed by atoms with E-state index >= 15 is 0 Å². The van der Waals surface area contributed by atoms with Crippen molar-refractivity contribution in [2.75, 3.05) is 18.4 Å². The Morgan fingerprint density at radius 3 is 2.38 bits per heavy atom. The van der Waals surface area contributed by atoms with Gasteiger partial charge in [-0.05, 0) is 30.2 Å². The lowest BCUT2D eigenvalue weighted by atomic mass is 10.1. The normalized spacial score (nSPS) is 11.5. The van der Waals surface area contributed by atoms with E-state index in [4.69, 9.17) is 0 Å². The number of nitrogens with zero attached hydrogens (tertiary/aromatic N) is 2. The number of aromatic nitrogens is 1. The molecule has 0 unspecified atom stereocenters. The number of carbonyl (C=O) groups is 1. The number of anilines is 1. The van der Waals surface area contributed by atoms with E-state index in [1.54, 1.807) is 38.1 Å². The molecule has 2 N–H and O–H groups in total. The number of hydrogen-bond donors (Lipinski definition) is 2. The van der Waals surface area contributed by atoms with Gasteiger partial charge in [0, 0.05) is 25.7 Å². The van der Waals surface area contributed by atoms with Crippen LogP contribution in [0.3, 0.4) is 0 Å². The molecule has 2 rings (SSSR count). The Labute approximate surface area is 153 Å². The zero-order valence-corrected chi connectivity index (χ0v) is 15.7. The number of hydrogen-bond acceptors (Lipinski definition) is 5. The molecule has 0 spiro atoms. The van der Waals surface area contributed by atoms with Gasteiger partial charge in [-0.15, -0.1) is 0 Å². The van der Waals surface area contributed by atoms with Gasteiger partial charge in [0.25, 0.3) is 0 Å². The Morgan fingerprint density at radius 1 is 1.15 bits per heavy atom. The van der Waals surface area contributed by atoms with Crippen molar-refractivity contribution in [3.63, 3.8) is 0 Å². The Balaban J connectivity index is 1.97. The Hall–Kier alpha value is -2.45. The highest BCUT2D eigenvalue weighted by Crippen LogP contribution is 2.21. The highest BCUT2D eigenvalue weighted by Gasteiger charge is 2.21. The molecule has 0 saturated carbocycles. The predicted octanol–water partition coefficient (Wildman–Crippen LogP) is 2.39. The monoisotopic (exact) mass is 377 g/mol. The van der Waals surface area contributed by atoms with Crippen LogP contribution in [0.2, 0.25) is 0 Å². The van der Waals surface area contributed by atoms with Crippen LogP contribution in [0, 0.1) is 0 Å². The average molecular weight is 377 g/mol. The summed E-state index contributed by atoms with van der Waals surface area (Å²) in [6.07, 6.45) is 3.40. The molecule has 26 heavy (non-hydrogen) atoms. The van der Waals surface area contributed by atoms with Crippen LogP contribution < -0.4 is 5.32 Å². The molecule has 0 fully saturated rings. The van der Waals surface area contributed by atoms with E-state index < -0.39 is 10.0 Å². The fraction of sp³-hybridized carbons (Fsp3) is 0.333. The zero-order chi connectivity index (χ0) is 19.2. The van der Waals surface area contributed by atoms with Crippen molar-refractivity contribution in [2.45, 2.75) is 31.6 Å². The Bertz CT molecular complexity index is 847. The Morgan fingerprint density at radius 2 is 1.81 bits per heavy atom. The van der Waals surface area contributed by atoms with Crippen molar-refractivity contribution in [1.29, 1.82) is 0 Å². The third-order valence-corrected chi connectivity index (χ3v) is 6.05. The molecule has 140 valence electrons. The van der Waals surface area contributed by atoms with Crippen LogP contribution in [0.1, 0.15) is 25.8 Å². The third kappa shape index (κ3) is 4.80. The molecule has 0 radical (unpaired) electrons. The number of aryl methyl sites for hydroxylation is 1. The maximum Gasteiger partial charge on any atom is 0.243 e. The van der Waals surface area contributed by atoms with Crippen molar-refractivity contribution >= 4 is 21.6 Å². The fourth-order valence-corrected chi connectivity index (χ4v) is 3.96. The number of carbonyl (C=O) groups excluding carboxylic acids is 1. The number of benzene rings is 1. The Kier molecular flexibility index (Phi) is 6.70. The van der Waals surface area contributed by atoms with Crippen molar-refractivity contribution in [2.24, 2.45) is 0 Å². The van der Waals surface area contributed by atoms with Crippen LogP contribution in [-0.2, 0) is 21.2 Å². The zero-order valence-electron chi connectivity index (χ0n) is 14.8. The summed E-state index contributed by atoms with van der Waals surface area (Å²) in [5, 5.41) is 12.2. The summed E-state index contributed by atoms with van der Waals surface area (Å²) in [6.45, 7) is 4.44. The van der Waals surface area contributed by atoms with E-state index in [2.05, 4.69) is 10.3 Å². The smallest absolute Gasteiger partial charge is 0.243 e. The number of rotatable bonds is 8. The molecule has 1 amide bonds. The molecule has 0 aliphatic carbocycles.